The standard InChI is InChI=1S/C4H6N2O3S2/c1-11(8,9)6-4-5-3(7)2-10-4/h2H2,1H3,(H,5,6,7). The summed E-state index contributed by atoms with van der Waals surface area (Å²) in [6.45, 7) is 0. The summed E-state index contributed by atoms with van der Waals surface area (Å²) >= 11 is 1.09. The smallest absolute Gasteiger partial charge is 0.252 e. The van der Waals surface area contributed by atoms with Crippen LogP contribution < -0.4 is 5.32 Å². The fourth-order valence-electron chi connectivity index (χ4n) is 0.525. The quantitative estimate of drug-likeness (QED) is 0.591. The fourth-order valence-corrected chi connectivity index (χ4v) is 2.01. The van der Waals surface area contributed by atoms with Crippen molar-refractivity contribution in [2.45, 2.75) is 0 Å². The van der Waals surface area contributed by atoms with E-state index in [-0.39, 0.29) is 16.8 Å². The van der Waals surface area contributed by atoms with Crippen LogP contribution in [0.3, 0.4) is 0 Å². The highest BCUT2D eigenvalue weighted by molar-refractivity contribution is 8.15. The number of carbonyl (C=O) groups is 1. The first kappa shape index (κ1) is 8.54. The van der Waals surface area contributed by atoms with E-state index in [1.54, 1.807) is 0 Å². The normalized spacial score (nSPS) is 22.3. The van der Waals surface area contributed by atoms with Gasteiger partial charge in [0, 0.05) is 0 Å². The lowest BCUT2D eigenvalue weighted by atomic mass is 10.7. The average Bonchev–Trinajstić information content (AvgIpc) is 2.10. The Balaban J connectivity index is 2.78. The number of sulfonamides is 1. The zero-order chi connectivity index (χ0) is 8.48. The van der Waals surface area contributed by atoms with Crippen molar-refractivity contribution >= 4 is 32.9 Å². The molecular formula is C4H6N2O3S2. The Morgan fingerprint density at radius 1 is 1.64 bits per heavy atom. The van der Waals surface area contributed by atoms with E-state index in [1.807, 2.05) is 0 Å². The second-order valence-electron chi connectivity index (χ2n) is 1.97. The molecule has 1 aliphatic heterocycles. The van der Waals surface area contributed by atoms with Crippen LogP contribution in [-0.2, 0) is 14.8 Å². The lowest BCUT2D eigenvalue weighted by Gasteiger charge is -1.91. The highest BCUT2D eigenvalue weighted by atomic mass is 32.2. The van der Waals surface area contributed by atoms with Crippen LogP contribution >= 0.6 is 11.8 Å². The number of rotatable bonds is 1. The Kier molecular flexibility index (Phi) is 2.19. The maximum Gasteiger partial charge on any atom is 0.252 e. The SMILES string of the molecule is CS(=O)(=O)/N=C1/NC(=O)CS1. The summed E-state index contributed by atoms with van der Waals surface area (Å²) in [6.07, 6.45) is 0.977. The molecule has 1 N–H and O–H groups in total. The maximum absolute atomic E-state index is 10.5. The number of hydrogen-bond donors (Lipinski definition) is 1. The Bertz CT molecular complexity index is 305. The molecule has 1 heterocycles. The number of hydrogen-bond acceptors (Lipinski definition) is 4. The first-order valence-corrected chi connectivity index (χ1v) is 5.53. The summed E-state index contributed by atoms with van der Waals surface area (Å²) in [5.74, 6) is 0.0337. The number of amidine groups is 1. The van der Waals surface area contributed by atoms with E-state index >= 15 is 0 Å². The number of carbonyl (C=O) groups excluding carboxylic acids is 1. The molecule has 1 amide bonds. The van der Waals surface area contributed by atoms with Crippen molar-refractivity contribution in [3.63, 3.8) is 0 Å². The van der Waals surface area contributed by atoms with E-state index < -0.39 is 10.0 Å². The molecule has 1 aliphatic rings. The largest absolute Gasteiger partial charge is 0.304 e. The lowest BCUT2D eigenvalue weighted by molar-refractivity contribution is -0.116. The van der Waals surface area contributed by atoms with E-state index in [1.165, 1.54) is 0 Å². The summed E-state index contributed by atoms with van der Waals surface area (Å²) in [4.78, 5) is 10.5. The Morgan fingerprint density at radius 3 is 2.64 bits per heavy atom. The molecule has 0 radical (unpaired) electrons. The Hall–Kier alpha value is -0.560. The summed E-state index contributed by atoms with van der Waals surface area (Å²) in [5.41, 5.74) is 0. The number of thioether (sulfide) groups is 1. The fraction of sp³-hybridized carbons (Fsp3) is 0.500. The molecule has 0 aromatic heterocycles. The highest BCUT2D eigenvalue weighted by Gasteiger charge is 2.17. The molecule has 5 nitrogen and oxygen atoms in total. The van der Waals surface area contributed by atoms with Gasteiger partial charge in [-0.05, 0) is 0 Å². The zero-order valence-corrected chi connectivity index (χ0v) is 7.33. The molecule has 0 aromatic carbocycles. The minimum Gasteiger partial charge on any atom is -0.304 e. The molecule has 0 spiro atoms. The molecular weight excluding hydrogens is 188 g/mol. The lowest BCUT2D eigenvalue weighted by Crippen LogP contribution is -2.20. The van der Waals surface area contributed by atoms with Crippen molar-refractivity contribution in [2.24, 2.45) is 4.40 Å². The number of amides is 1. The molecule has 0 unspecified atom stereocenters. The van der Waals surface area contributed by atoms with Gasteiger partial charge in [-0.3, -0.25) is 4.79 Å². The van der Waals surface area contributed by atoms with Crippen LogP contribution in [0.25, 0.3) is 0 Å². The van der Waals surface area contributed by atoms with E-state index in [9.17, 15) is 13.2 Å². The van der Waals surface area contributed by atoms with Crippen LogP contribution in [0.2, 0.25) is 0 Å². The molecule has 0 saturated carbocycles. The summed E-state index contributed by atoms with van der Waals surface area (Å²) in [7, 11) is -3.38. The van der Waals surface area contributed by atoms with Gasteiger partial charge in [-0.15, -0.1) is 4.40 Å². The van der Waals surface area contributed by atoms with E-state index in [0.717, 1.165) is 18.0 Å². The minimum atomic E-state index is -3.38. The van der Waals surface area contributed by atoms with Gasteiger partial charge in [-0.2, -0.15) is 0 Å². The predicted octanol–water partition coefficient (Wildman–Crippen LogP) is -0.835. The van der Waals surface area contributed by atoms with Crippen molar-refractivity contribution in [2.75, 3.05) is 12.0 Å². The van der Waals surface area contributed by atoms with E-state index in [4.69, 9.17) is 0 Å². The van der Waals surface area contributed by atoms with Crippen molar-refractivity contribution < 1.29 is 13.2 Å². The summed E-state index contributed by atoms with van der Waals surface area (Å²) in [6, 6.07) is 0. The number of nitrogens with one attached hydrogen (secondary N) is 1. The van der Waals surface area contributed by atoms with Gasteiger partial charge in [-0.1, -0.05) is 11.8 Å². The van der Waals surface area contributed by atoms with Gasteiger partial charge in [0.2, 0.25) is 5.91 Å². The zero-order valence-electron chi connectivity index (χ0n) is 5.70. The maximum atomic E-state index is 10.5. The first-order chi connectivity index (χ1) is 4.97. The van der Waals surface area contributed by atoms with Gasteiger partial charge in [0.05, 0.1) is 12.0 Å². The molecule has 0 bridgehead atoms. The molecule has 1 saturated heterocycles. The third kappa shape index (κ3) is 2.89. The third-order valence-corrected chi connectivity index (χ3v) is 2.34. The van der Waals surface area contributed by atoms with Crippen LogP contribution in [0.5, 0.6) is 0 Å². The van der Waals surface area contributed by atoms with Gasteiger partial charge >= 0.3 is 0 Å². The average molecular weight is 194 g/mol. The summed E-state index contributed by atoms with van der Waals surface area (Å²) < 4.78 is 24.4. The molecule has 0 aliphatic carbocycles. The van der Waals surface area contributed by atoms with E-state index in [0.29, 0.717) is 0 Å². The van der Waals surface area contributed by atoms with Crippen LogP contribution in [-0.4, -0.2) is 31.5 Å². The molecule has 0 aromatic rings. The Labute approximate surface area is 68.3 Å². The highest BCUT2D eigenvalue weighted by Crippen LogP contribution is 2.09. The van der Waals surface area contributed by atoms with Gasteiger partial charge in [0.1, 0.15) is 0 Å². The number of nitrogens with zero attached hydrogens (tertiary/aromatic N) is 1. The van der Waals surface area contributed by atoms with Crippen molar-refractivity contribution in [3.8, 4) is 0 Å². The Morgan fingerprint density at radius 2 is 2.27 bits per heavy atom. The van der Waals surface area contributed by atoms with Crippen molar-refractivity contribution in [3.05, 3.63) is 0 Å². The van der Waals surface area contributed by atoms with Crippen LogP contribution in [0.4, 0.5) is 0 Å². The molecule has 0 atom stereocenters. The first-order valence-electron chi connectivity index (χ1n) is 2.70. The minimum absolute atomic E-state index is 0.164. The van der Waals surface area contributed by atoms with Crippen LogP contribution in [0, 0.1) is 0 Å². The van der Waals surface area contributed by atoms with Gasteiger partial charge in [0.15, 0.2) is 5.17 Å². The van der Waals surface area contributed by atoms with Crippen molar-refractivity contribution in [1.82, 2.24) is 5.32 Å². The van der Waals surface area contributed by atoms with Gasteiger partial charge in [-0.25, -0.2) is 8.42 Å². The van der Waals surface area contributed by atoms with Gasteiger partial charge in [0.25, 0.3) is 10.0 Å². The molecule has 1 rings (SSSR count). The molecule has 11 heavy (non-hydrogen) atoms. The topological polar surface area (TPSA) is 75.6 Å². The second-order valence-corrected chi connectivity index (χ2v) is 4.58. The van der Waals surface area contributed by atoms with Crippen LogP contribution in [0.15, 0.2) is 4.40 Å². The van der Waals surface area contributed by atoms with Crippen LogP contribution in [0.1, 0.15) is 0 Å². The van der Waals surface area contributed by atoms with Crippen molar-refractivity contribution in [1.29, 1.82) is 0 Å². The molecule has 7 heteroatoms. The molecule has 62 valence electrons. The molecule has 1 fully saturated rings. The second kappa shape index (κ2) is 2.82. The summed E-state index contributed by atoms with van der Waals surface area (Å²) in [5, 5.41) is 2.47. The third-order valence-electron chi connectivity index (χ3n) is 0.835. The monoisotopic (exact) mass is 194 g/mol. The van der Waals surface area contributed by atoms with E-state index in [2.05, 4.69) is 9.71 Å². The predicted molar refractivity (Wildman–Crippen MR) is 42.9 cm³/mol. The van der Waals surface area contributed by atoms with Gasteiger partial charge < -0.3 is 5.32 Å².